The third kappa shape index (κ3) is 3.17. The first-order chi connectivity index (χ1) is 8.16. The van der Waals surface area contributed by atoms with Crippen LogP contribution in [0, 0.1) is 6.92 Å². The Labute approximate surface area is 105 Å². The van der Waals surface area contributed by atoms with Gasteiger partial charge in [-0.2, -0.15) is 0 Å². The van der Waals surface area contributed by atoms with Crippen LogP contribution in [0.25, 0.3) is 0 Å². The van der Waals surface area contributed by atoms with E-state index in [1.165, 1.54) is 0 Å². The molecule has 0 spiro atoms. The number of nitrogens with one attached hydrogen (secondary N) is 1. The number of hydrogen-bond donors (Lipinski definition) is 1. The number of ether oxygens (including phenoxy) is 1. The molecule has 1 unspecified atom stereocenters. The van der Waals surface area contributed by atoms with E-state index in [1.54, 1.807) is 12.1 Å². The van der Waals surface area contributed by atoms with E-state index in [9.17, 15) is 4.79 Å². The van der Waals surface area contributed by atoms with Gasteiger partial charge in [-0.15, -0.1) is 0 Å². The maximum atomic E-state index is 11.9. The largest absolute Gasteiger partial charge is 0.368 e. The summed E-state index contributed by atoms with van der Waals surface area (Å²) in [5, 5.41) is 3.25. The Morgan fingerprint density at radius 1 is 1.53 bits per heavy atom. The Morgan fingerprint density at radius 2 is 2.35 bits per heavy atom. The summed E-state index contributed by atoms with van der Waals surface area (Å²) in [5.74, 6) is -0.100. The smallest absolute Gasteiger partial charge is 0.253 e. The Hall–Kier alpha value is -1.13. The molecule has 5 heteroatoms. The van der Waals surface area contributed by atoms with E-state index in [4.69, 9.17) is 16.3 Å². The molecule has 92 valence electrons. The second-order valence-corrected chi connectivity index (χ2v) is 4.50. The third-order valence-electron chi connectivity index (χ3n) is 2.78. The lowest BCUT2D eigenvalue weighted by molar-refractivity contribution is -0.129. The number of amides is 1. The number of pyridine rings is 1. The number of aromatic nitrogens is 1. The van der Waals surface area contributed by atoms with Crippen molar-refractivity contribution in [3.05, 3.63) is 23.0 Å². The molecule has 1 atom stereocenters. The van der Waals surface area contributed by atoms with Crippen LogP contribution in [0.2, 0.25) is 5.15 Å². The van der Waals surface area contributed by atoms with Gasteiger partial charge in [0, 0.05) is 6.61 Å². The average Bonchev–Trinajstić information content (AvgIpc) is 2.34. The zero-order valence-electron chi connectivity index (χ0n) is 9.70. The zero-order valence-corrected chi connectivity index (χ0v) is 10.5. The zero-order chi connectivity index (χ0) is 12.3. The molecule has 1 N–H and O–H groups in total. The molecule has 0 aromatic carbocycles. The molecule has 0 bridgehead atoms. The summed E-state index contributed by atoms with van der Waals surface area (Å²) in [6, 6.07) is 3.41. The molecule has 0 radical (unpaired) electrons. The van der Waals surface area contributed by atoms with Crippen molar-refractivity contribution in [3.8, 4) is 0 Å². The maximum absolute atomic E-state index is 11.9. The van der Waals surface area contributed by atoms with Gasteiger partial charge in [-0.1, -0.05) is 11.6 Å². The second kappa shape index (κ2) is 5.47. The molecule has 2 heterocycles. The van der Waals surface area contributed by atoms with Gasteiger partial charge in [0.25, 0.3) is 5.91 Å². The van der Waals surface area contributed by atoms with E-state index in [1.807, 2.05) is 6.92 Å². The highest BCUT2D eigenvalue weighted by Gasteiger charge is 2.22. The van der Waals surface area contributed by atoms with E-state index >= 15 is 0 Å². The molecule has 1 aliphatic heterocycles. The molecule has 1 aromatic heterocycles. The van der Waals surface area contributed by atoms with Crippen LogP contribution in [0.4, 0.5) is 5.69 Å². The van der Waals surface area contributed by atoms with Gasteiger partial charge in [-0.05, 0) is 38.3 Å². The normalized spacial score (nSPS) is 20.0. The van der Waals surface area contributed by atoms with E-state index < -0.39 is 0 Å². The number of nitrogens with zero attached hydrogens (tertiary/aromatic N) is 1. The minimum Gasteiger partial charge on any atom is -0.368 e. The van der Waals surface area contributed by atoms with Crippen molar-refractivity contribution in [1.29, 1.82) is 0 Å². The number of aryl methyl sites for hydroxylation is 1. The molecular formula is C12H15ClN2O2. The summed E-state index contributed by atoms with van der Waals surface area (Å²) < 4.78 is 5.42. The summed E-state index contributed by atoms with van der Waals surface area (Å²) in [4.78, 5) is 16.0. The van der Waals surface area contributed by atoms with Crippen LogP contribution in [0.15, 0.2) is 12.1 Å². The summed E-state index contributed by atoms with van der Waals surface area (Å²) in [5.41, 5.74) is 1.40. The van der Waals surface area contributed by atoms with Gasteiger partial charge in [0.2, 0.25) is 0 Å². The van der Waals surface area contributed by atoms with Crippen LogP contribution in [0.5, 0.6) is 0 Å². The van der Waals surface area contributed by atoms with Crippen molar-refractivity contribution in [2.24, 2.45) is 0 Å². The topological polar surface area (TPSA) is 51.2 Å². The fourth-order valence-electron chi connectivity index (χ4n) is 1.82. The van der Waals surface area contributed by atoms with Crippen LogP contribution >= 0.6 is 11.6 Å². The minimum atomic E-state index is -0.334. The average molecular weight is 255 g/mol. The van der Waals surface area contributed by atoms with Gasteiger partial charge >= 0.3 is 0 Å². The van der Waals surface area contributed by atoms with Crippen molar-refractivity contribution in [2.75, 3.05) is 11.9 Å². The standard InChI is InChI=1S/C12H15ClN2O2/c1-8-9(5-6-11(13)14-8)15-12(16)10-4-2-3-7-17-10/h5-6,10H,2-4,7H2,1H3,(H,15,16). The molecule has 1 fully saturated rings. The molecule has 2 rings (SSSR count). The summed E-state index contributed by atoms with van der Waals surface area (Å²) in [6.07, 6.45) is 2.52. The Bertz CT molecular complexity index is 417. The Balaban J connectivity index is 2.02. The fraction of sp³-hybridized carbons (Fsp3) is 0.500. The van der Waals surface area contributed by atoms with Crippen molar-refractivity contribution in [3.63, 3.8) is 0 Å². The van der Waals surface area contributed by atoms with E-state index in [0.29, 0.717) is 23.1 Å². The number of anilines is 1. The minimum absolute atomic E-state index is 0.100. The second-order valence-electron chi connectivity index (χ2n) is 4.11. The van der Waals surface area contributed by atoms with Gasteiger partial charge in [-0.3, -0.25) is 4.79 Å². The van der Waals surface area contributed by atoms with E-state index in [2.05, 4.69) is 10.3 Å². The monoisotopic (exact) mass is 254 g/mol. The number of halogens is 1. The van der Waals surface area contributed by atoms with Crippen LogP contribution in [-0.2, 0) is 9.53 Å². The lowest BCUT2D eigenvalue weighted by Crippen LogP contribution is -2.33. The van der Waals surface area contributed by atoms with Crippen LogP contribution in [-0.4, -0.2) is 23.6 Å². The predicted molar refractivity (Wildman–Crippen MR) is 66.2 cm³/mol. The summed E-state index contributed by atoms with van der Waals surface area (Å²) in [7, 11) is 0. The molecule has 17 heavy (non-hydrogen) atoms. The first kappa shape index (κ1) is 12.3. The molecule has 0 aliphatic carbocycles. The van der Waals surface area contributed by atoms with Crippen LogP contribution < -0.4 is 5.32 Å². The molecule has 1 amide bonds. The highest BCUT2D eigenvalue weighted by Crippen LogP contribution is 2.18. The summed E-state index contributed by atoms with van der Waals surface area (Å²) >= 11 is 5.75. The molecule has 0 saturated carbocycles. The molecule has 1 aromatic rings. The van der Waals surface area contributed by atoms with Crippen LogP contribution in [0.3, 0.4) is 0 Å². The first-order valence-electron chi connectivity index (χ1n) is 5.72. The number of rotatable bonds is 2. The van der Waals surface area contributed by atoms with Crippen LogP contribution in [0.1, 0.15) is 25.0 Å². The van der Waals surface area contributed by atoms with E-state index in [-0.39, 0.29) is 12.0 Å². The quantitative estimate of drug-likeness (QED) is 0.826. The molecular weight excluding hydrogens is 240 g/mol. The molecule has 1 saturated heterocycles. The summed E-state index contributed by atoms with van der Waals surface area (Å²) in [6.45, 7) is 2.47. The fourth-order valence-corrected chi connectivity index (χ4v) is 2.01. The van der Waals surface area contributed by atoms with E-state index in [0.717, 1.165) is 19.3 Å². The highest BCUT2D eigenvalue weighted by atomic mass is 35.5. The molecule has 1 aliphatic rings. The lowest BCUT2D eigenvalue weighted by atomic mass is 10.1. The SMILES string of the molecule is Cc1nc(Cl)ccc1NC(=O)C1CCCCO1. The predicted octanol–water partition coefficient (Wildman–Crippen LogP) is 2.55. The van der Waals surface area contributed by atoms with Crippen molar-refractivity contribution in [2.45, 2.75) is 32.3 Å². The van der Waals surface area contributed by atoms with Gasteiger partial charge in [0.1, 0.15) is 11.3 Å². The highest BCUT2D eigenvalue weighted by molar-refractivity contribution is 6.29. The van der Waals surface area contributed by atoms with Gasteiger partial charge < -0.3 is 10.1 Å². The Kier molecular flexibility index (Phi) is 3.97. The number of carbonyl (C=O) groups is 1. The number of carbonyl (C=O) groups excluding carboxylic acids is 1. The van der Waals surface area contributed by atoms with Crippen molar-refractivity contribution < 1.29 is 9.53 Å². The van der Waals surface area contributed by atoms with Crippen molar-refractivity contribution >= 4 is 23.2 Å². The van der Waals surface area contributed by atoms with Crippen molar-refractivity contribution in [1.82, 2.24) is 4.98 Å². The molecule has 4 nitrogen and oxygen atoms in total. The first-order valence-corrected chi connectivity index (χ1v) is 6.10. The van der Waals surface area contributed by atoms with Gasteiger partial charge in [0.15, 0.2) is 0 Å². The maximum Gasteiger partial charge on any atom is 0.253 e. The number of hydrogen-bond acceptors (Lipinski definition) is 3. The van der Waals surface area contributed by atoms with Gasteiger partial charge in [0.05, 0.1) is 11.4 Å². The van der Waals surface area contributed by atoms with Gasteiger partial charge in [-0.25, -0.2) is 4.98 Å². The third-order valence-corrected chi connectivity index (χ3v) is 2.99. The Morgan fingerprint density at radius 3 is 3.00 bits per heavy atom. The lowest BCUT2D eigenvalue weighted by Gasteiger charge is -2.21.